The van der Waals surface area contributed by atoms with E-state index in [1.807, 2.05) is 55.9 Å². The first kappa shape index (κ1) is 18.7. The maximum absolute atomic E-state index is 12.6. The molecule has 0 saturated heterocycles. The Bertz CT molecular complexity index is 1140. The van der Waals surface area contributed by atoms with Crippen LogP contribution >= 0.6 is 22.9 Å². The van der Waals surface area contributed by atoms with Gasteiger partial charge in [0.1, 0.15) is 16.3 Å². The van der Waals surface area contributed by atoms with Crippen molar-refractivity contribution < 1.29 is 9.32 Å². The van der Waals surface area contributed by atoms with E-state index in [0.717, 1.165) is 38.5 Å². The molecule has 3 aromatic heterocycles. The van der Waals surface area contributed by atoms with Crippen molar-refractivity contribution in [2.45, 2.75) is 20.3 Å². The van der Waals surface area contributed by atoms with Crippen LogP contribution in [0.5, 0.6) is 0 Å². The number of carbonyl (C=O) groups excluding carboxylic acids is 1. The predicted molar refractivity (Wildman–Crippen MR) is 111 cm³/mol. The van der Waals surface area contributed by atoms with Crippen LogP contribution in [0.3, 0.4) is 0 Å². The molecule has 1 aromatic carbocycles. The number of amides is 1. The number of carbonyl (C=O) groups is 1. The second kappa shape index (κ2) is 7.41. The average Bonchev–Trinajstić information content (AvgIpc) is 3.33. The van der Waals surface area contributed by atoms with Gasteiger partial charge in [0.25, 0.3) is 5.91 Å². The molecule has 6 nitrogen and oxygen atoms in total. The van der Waals surface area contributed by atoms with Crippen molar-refractivity contribution >= 4 is 39.1 Å². The molecular formula is C20H19ClN4O2S. The molecule has 4 aromatic rings. The van der Waals surface area contributed by atoms with E-state index < -0.39 is 0 Å². The standard InChI is InChI=1S/C20H19ClN4O2S/c1-11-15(12(2)27-24-11)8-9-22-19(26)17-10-16-18(23-25(3)20(16)28-17)13-4-6-14(21)7-5-13/h4-7,10H,8-9H2,1-3H3,(H,22,26). The molecule has 0 aliphatic carbocycles. The van der Waals surface area contributed by atoms with Gasteiger partial charge in [-0.1, -0.05) is 28.9 Å². The summed E-state index contributed by atoms with van der Waals surface area (Å²) < 4.78 is 6.97. The Hall–Kier alpha value is -2.64. The normalized spacial score (nSPS) is 11.3. The van der Waals surface area contributed by atoms with Crippen LogP contribution < -0.4 is 5.32 Å². The van der Waals surface area contributed by atoms with Gasteiger partial charge in [0.15, 0.2) is 0 Å². The van der Waals surface area contributed by atoms with Crippen molar-refractivity contribution in [1.29, 1.82) is 0 Å². The molecule has 1 amide bonds. The van der Waals surface area contributed by atoms with E-state index in [1.54, 1.807) is 0 Å². The van der Waals surface area contributed by atoms with Crippen molar-refractivity contribution in [1.82, 2.24) is 20.3 Å². The van der Waals surface area contributed by atoms with Gasteiger partial charge >= 0.3 is 0 Å². The van der Waals surface area contributed by atoms with Crippen molar-refractivity contribution in [2.75, 3.05) is 6.54 Å². The van der Waals surface area contributed by atoms with Crippen LogP contribution in [0.4, 0.5) is 0 Å². The highest BCUT2D eigenvalue weighted by Crippen LogP contribution is 2.34. The highest BCUT2D eigenvalue weighted by molar-refractivity contribution is 7.20. The third-order valence-electron chi connectivity index (χ3n) is 4.69. The lowest BCUT2D eigenvalue weighted by Gasteiger charge is -2.03. The van der Waals surface area contributed by atoms with E-state index in [-0.39, 0.29) is 5.91 Å². The Labute approximate surface area is 171 Å². The Morgan fingerprint density at radius 2 is 2.04 bits per heavy atom. The molecule has 8 heteroatoms. The second-order valence-electron chi connectivity index (χ2n) is 6.62. The van der Waals surface area contributed by atoms with E-state index in [9.17, 15) is 4.79 Å². The van der Waals surface area contributed by atoms with Crippen molar-refractivity contribution in [3.8, 4) is 11.3 Å². The summed E-state index contributed by atoms with van der Waals surface area (Å²) in [6, 6.07) is 9.45. The van der Waals surface area contributed by atoms with E-state index in [1.165, 1.54) is 11.3 Å². The summed E-state index contributed by atoms with van der Waals surface area (Å²) >= 11 is 7.42. The first-order chi connectivity index (χ1) is 13.4. The van der Waals surface area contributed by atoms with Gasteiger partial charge in [0.2, 0.25) is 0 Å². The fourth-order valence-corrected chi connectivity index (χ4v) is 4.34. The molecule has 144 valence electrons. The third-order valence-corrected chi connectivity index (χ3v) is 6.15. The number of hydrogen-bond acceptors (Lipinski definition) is 5. The monoisotopic (exact) mass is 414 g/mol. The first-order valence-corrected chi connectivity index (χ1v) is 10.1. The summed E-state index contributed by atoms with van der Waals surface area (Å²) in [6.45, 7) is 4.32. The number of hydrogen-bond donors (Lipinski definition) is 1. The maximum Gasteiger partial charge on any atom is 0.261 e. The van der Waals surface area contributed by atoms with Gasteiger partial charge in [-0.25, -0.2) is 0 Å². The summed E-state index contributed by atoms with van der Waals surface area (Å²) in [5, 5.41) is 13.2. The van der Waals surface area contributed by atoms with E-state index in [4.69, 9.17) is 16.1 Å². The summed E-state index contributed by atoms with van der Waals surface area (Å²) in [6.07, 6.45) is 0.690. The lowest BCUT2D eigenvalue weighted by molar-refractivity contribution is 0.0958. The van der Waals surface area contributed by atoms with Crippen molar-refractivity contribution in [3.05, 3.63) is 57.2 Å². The summed E-state index contributed by atoms with van der Waals surface area (Å²) in [4.78, 5) is 14.3. The highest BCUT2D eigenvalue weighted by Gasteiger charge is 2.18. The van der Waals surface area contributed by atoms with Gasteiger partial charge in [-0.15, -0.1) is 11.3 Å². The number of aromatic nitrogens is 3. The molecular weight excluding hydrogens is 396 g/mol. The van der Waals surface area contributed by atoms with Crippen molar-refractivity contribution in [2.24, 2.45) is 7.05 Å². The van der Waals surface area contributed by atoms with Crippen LogP contribution in [-0.4, -0.2) is 27.4 Å². The Morgan fingerprint density at radius 1 is 1.29 bits per heavy atom. The lowest BCUT2D eigenvalue weighted by atomic mass is 10.1. The molecule has 3 heterocycles. The van der Waals surface area contributed by atoms with Gasteiger partial charge in [-0.05, 0) is 38.5 Å². The summed E-state index contributed by atoms with van der Waals surface area (Å²) in [7, 11) is 1.89. The zero-order chi connectivity index (χ0) is 19.8. The molecule has 0 saturated carbocycles. The molecule has 0 aliphatic rings. The minimum Gasteiger partial charge on any atom is -0.361 e. The fraction of sp³-hybridized carbons (Fsp3) is 0.250. The molecule has 0 radical (unpaired) electrons. The Morgan fingerprint density at radius 3 is 2.71 bits per heavy atom. The minimum absolute atomic E-state index is 0.0879. The number of benzene rings is 1. The smallest absolute Gasteiger partial charge is 0.261 e. The largest absolute Gasteiger partial charge is 0.361 e. The molecule has 28 heavy (non-hydrogen) atoms. The predicted octanol–water partition coefficient (Wildman–Crippen LogP) is 4.53. The van der Waals surface area contributed by atoms with E-state index >= 15 is 0 Å². The topological polar surface area (TPSA) is 73.0 Å². The van der Waals surface area contributed by atoms with E-state index in [2.05, 4.69) is 15.6 Å². The van der Waals surface area contributed by atoms with Crippen LogP contribution in [-0.2, 0) is 13.5 Å². The van der Waals surface area contributed by atoms with E-state index in [0.29, 0.717) is 22.9 Å². The van der Waals surface area contributed by atoms with Crippen LogP contribution in [0, 0.1) is 13.8 Å². The van der Waals surface area contributed by atoms with Gasteiger partial charge < -0.3 is 9.84 Å². The Kier molecular flexibility index (Phi) is 4.95. The molecule has 0 atom stereocenters. The van der Waals surface area contributed by atoms with Crippen LogP contribution in [0.2, 0.25) is 5.02 Å². The number of rotatable bonds is 5. The van der Waals surface area contributed by atoms with Crippen LogP contribution in [0.1, 0.15) is 26.7 Å². The molecule has 4 rings (SSSR count). The van der Waals surface area contributed by atoms with Crippen LogP contribution in [0.15, 0.2) is 34.9 Å². The number of nitrogens with zero attached hydrogens (tertiary/aromatic N) is 3. The fourth-order valence-electron chi connectivity index (χ4n) is 3.22. The van der Waals surface area contributed by atoms with Gasteiger partial charge in [-0.3, -0.25) is 9.48 Å². The maximum atomic E-state index is 12.6. The average molecular weight is 415 g/mol. The van der Waals surface area contributed by atoms with Gasteiger partial charge in [0.05, 0.1) is 10.6 Å². The quantitative estimate of drug-likeness (QED) is 0.520. The SMILES string of the molecule is Cc1noc(C)c1CCNC(=O)c1cc2c(-c3ccc(Cl)cc3)nn(C)c2s1. The molecule has 0 aliphatic heterocycles. The molecule has 0 unspecified atom stereocenters. The molecule has 1 N–H and O–H groups in total. The second-order valence-corrected chi connectivity index (χ2v) is 8.08. The summed E-state index contributed by atoms with van der Waals surface area (Å²) in [5.74, 6) is 0.710. The first-order valence-electron chi connectivity index (χ1n) is 8.86. The molecule has 0 fully saturated rings. The van der Waals surface area contributed by atoms with Gasteiger partial charge in [0, 0.05) is 35.1 Å². The molecule has 0 bridgehead atoms. The number of aryl methyl sites for hydroxylation is 3. The minimum atomic E-state index is -0.0879. The molecule has 0 spiro atoms. The number of halogens is 1. The third kappa shape index (κ3) is 3.43. The number of nitrogens with one attached hydrogen (secondary N) is 1. The Balaban J connectivity index is 1.53. The zero-order valence-corrected chi connectivity index (χ0v) is 17.3. The number of thiophene rings is 1. The van der Waals surface area contributed by atoms with Crippen LogP contribution in [0.25, 0.3) is 21.5 Å². The lowest BCUT2D eigenvalue weighted by Crippen LogP contribution is -2.25. The number of fused-ring (bicyclic) bond motifs is 1. The summed E-state index contributed by atoms with van der Waals surface area (Å²) in [5.41, 5.74) is 3.73. The van der Waals surface area contributed by atoms with Gasteiger partial charge in [-0.2, -0.15) is 5.10 Å². The zero-order valence-electron chi connectivity index (χ0n) is 15.7. The van der Waals surface area contributed by atoms with Crippen molar-refractivity contribution in [3.63, 3.8) is 0 Å². The highest BCUT2D eigenvalue weighted by atomic mass is 35.5.